The van der Waals surface area contributed by atoms with E-state index in [-0.39, 0.29) is 5.91 Å². The number of carbonyl (C=O) groups excluding carboxylic acids is 1. The molecular formula is C20H30N2O2. The minimum atomic E-state index is 0.201. The van der Waals surface area contributed by atoms with Gasteiger partial charge < -0.3 is 9.64 Å². The summed E-state index contributed by atoms with van der Waals surface area (Å²) < 4.78 is 5.17. The molecule has 0 bridgehead atoms. The molecule has 0 radical (unpaired) electrons. The number of rotatable bonds is 8. The SMILES string of the molecule is COCCN(CC=Cc1ccccc1)C(=O)CN1CCCCCC1. The van der Waals surface area contributed by atoms with Crippen LogP contribution in [-0.2, 0) is 9.53 Å². The maximum atomic E-state index is 12.7. The van der Waals surface area contributed by atoms with Gasteiger partial charge in [-0.15, -0.1) is 0 Å². The second-order valence-electron chi connectivity index (χ2n) is 6.34. The summed E-state index contributed by atoms with van der Waals surface area (Å²) in [5, 5.41) is 0. The van der Waals surface area contributed by atoms with Crippen LogP contribution >= 0.6 is 0 Å². The molecule has 1 heterocycles. The van der Waals surface area contributed by atoms with Gasteiger partial charge in [0.15, 0.2) is 0 Å². The van der Waals surface area contributed by atoms with Crippen molar-refractivity contribution in [2.45, 2.75) is 25.7 Å². The summed E-state index contributed by atoms with van der Waals surface area (Å²) in [6.45, 7) is 4.47. The van der Waals surface area contributed by atoms with Crippen LogP contribution in [0.1, 0.15) is 31.2 Å². The molecule has 0 aromatic heterocycles. The van der Waals surface area contributed by atoms with E-state index in [1.165, 1.54) is 25.7 Å². The van der Waals surface area contributed by atoms with Gasteiger partial charge in [-0.05, 0) is 31.5 Å². The van der Waals surface area contributed by atoms with Gasteiger partial charge in [-0.2, -0.15) is 0 Å². The Hall–Kier alpha value is -1.65. The Balaban J connectivity index is 1.88. The first-order valence-electron chi connectivity index (χ1n) is 9.00. The third-order valence-corrected chi connectivity index (χ3v) is 4.41. The van der Waals surface area contributed by atoms with Crippen molar-refractivity contribution in [1.82, 2.24) is 9.80 Å². The summed E-state index contributed by atoms with van der Waals surface area (Å²) in [6.07, 6.45) is 9.12. The number of carbonyl (C=O) groups is 1. The Morgan fingerprint density at radius 3 is 2.54 bits per heavy atom. The molecule has 4 heteroatoms. The lowest BCUT2D eigenvalue weighted by molar-refractivity contribution is -0.132. The molecule has 1 saturated heterocycles. The molecule has 0 atom stereocenters. The molecule has 0 unspecified atom stereocenters. The molecule has 1 aromatic rings. The highest BCUT2D eigenvalue weighted by molar-refractivity contribution is 5.78. The highest BCUT2D eigenvalue weighted by Crippen LogP contribution is 2.10. The summed E-state index contributed by atoms with van der Waals surface area (Å²) in [4.78, 5) is 16.9. The Kier molecular flexibility index (Phi) is 8.56. The molecule has 1 aromatic carbocycles. The molecule has 0 spiro atoms. The molecular weight excluding hydrogens is 300 g/mol. The van der Waals surface area contributed by atoms with E-state index in [2.05, 4.69) is 29.2 Å². The van der Waals surface area contributed by atoms with E-state index in [4.69, 9.17) is 4.74 Å². The summed E-state index contributed by atoms with van der Waals surface area (Å²) >= 11 is 0. The first kappa shape index (κ1) is 18.7. The largest absolute Gasteiger partial charge is 0.383 e. The van der Waals surface area contributed by atoms with Gasteiger partial charge in [-0.25, -0.2) is 0 Å². The van der Waals surface area contributed by atoms with Crippen LogP contribution in [0.5, 0.6) is 0 Å². The second kappa shape index (κ2) is 11.0. The van der Waals surface area contributed by atoms with Gasteiger partial charge >= 0.3 is 0 Å². The lowest BCUT2D eigenvalue weighted by Crippen LogP contribution is -2.42. The van der Waals surface area contributed by atoms with Crippen LogP contribution in [-0.4, -0.2) is 62.1 Å². The number of hydrogen-bond acceptors (Lipinski definition) is 3. The van der Waals surface area contributed by atoms with Crippen molar-refractivity contribution in [3.05, 3.63) is 42.0 Å². The van der Waals surface area contributed by atoms with Gasteiger partial charge in [0.1, 0.15) is 0 Å². The number of amides is 1. The molecule has 0 N–H and O–H groups in total. The van der Waals surface area contributed by atoms with Crippen LogP contribution < -0.4 is 0 Å². The van der Waals surface area contributed by atoms with E-state index in [1.807, 2.05) is 23.1 Å². The standard InChI is InChI=1S/C20H30N2O2/c1-24-17-16-22(15-9-12-19-10-5-4-6-11-19)20(23)18-21-13-7-2-3-8-14-21/h4-6,9-12H,2-3,7-8,13-18H2,1H3. The zero-order valence-electron chi connectivity index (χ0n) is 14.8. The zero-order valence-corrected chi connectivity index (χ0v) is 14.8. The summed E-state index contributed by atoms with van der Waals surface area (Å²) in [5.41, 5.74) is 1.16. The molecule has 132 valence electrons. The first-order chi connectivity index (χ1) is 11.8. The third-order valence-electron chi connectivity index (χ3n) is 4.41. The number of benzene rings is 1. The molecule has 2 rings (SSSR count). The fourth-order valence-electron chi connectivity index (χ4n) is 2.99. The predicted octanol–water partition coefficient (Wildman–Crippen LogP) is 3.05. The van der Waals surface area contributed by atoms with Crippen LogP contribution in [0, 0.1) is 0 Å². The maximum absolute atomic E-state index is 12.7. The summed E-state index contributed by atoms with van der Waals surface area (Å²) in [7, 11) is 1.68. The minimum absolute atomic E-state index is 0.201. The summed E-state index contributed by atoms with van der Waals surface area (Å²) in [5.74, 6) is 0.201. The van der Waals surface area contributed by atoms with E-state index in [1.54, 1.807) is 7.11 Å². The Bertz CT molecular complexity index is 494. The molecule has 1 fully saturated rings. The average Bonchev–Trinajstić information content (AvgIpc) is 2.87. The van der Waals surface area contributed by atoms with Crippen LogP contribution in [0.25, 0.3) is 6.08 Å². The quantitative estimate of drug-likeness (QED) is 0.734. The monoisotopic (exact) mass is 330 g/mol. The van der Waals surface area contributed by atoms with Gasteiger partial charge in [0.25, 0.3) is 0 Å². The first-order valence-corrected chi connectivity index (χ1v) is 9.00. The van der Waals surface area contributed by atoms with E-state index in [0.29, 0.717) is 26.2 Å². The van der Waals surface area contributed by atoms with Crippen molar-refractivity contribution >= 4 is 12.0 Å². The van der Waals surface area contributed by atoms with Crippen molar-refractivity contribution in [1.29, 1.82) is 0 Å². The zero-order chi connectivity index (χ0) is 17.0. The fraction of sp³-hybridized carbons (Fsp3) is 0.550. The molecule has 0 saturated carbocycles. The number of likely N-dealkylation sites (tertiary alicyclic amines) is 1. The molecule has 1 aliphatic heterocycles. The molecule has 1 amide bonds. The maximum Gasteiger partial charge on any atom is 0.237 e. The number of ether oxygens (including phenoxy) is 1. The van der Waals surface area contributed by atoms with Crippen LogP contribution in [0.15, 0.2) is 36.4 Å². The topological polar surface area (TPSA) is 32.8 Å². The normalized spacial score (nSPS) is 16.2. The number of methoxy groups -OCH3 is 1. The molecule has 24 heavy (non-hydrogen) atoms. The number of nitrogens with zero attached hydrogens (tertiary/aromatic N) is 2. The van der Waals surface area contributed by atoms with Crippen LogP contribution in [0.3, 0.4) is 0 Å². The van der Waals surface area contributed by atoms with Gasteiger partial charge in [0.05, 0.1) is 13.2 Å². The van der Waals surface area contributed by atoms with E-state index >= 15 is 0 Å². The van der Waals surface area contributed by atoms with Crippen LogP contribution in [0.2, 0.25) is 0 Å². The summed E-state index contributed by atoms with van der Waals surface area (Å²) in [6, 6.07) is 10.2. The third kappa shape index (κ3) is 6.85. The highest BCUT2D eigenvalue weighted by atomic mass is 16.5. The molecule has 0 aliphatic carbocycles. The van der Waals surface area contributed by atoms with Gasteiger partial charge in [0, 0.05) is 20.2 Å². The Morgan fingerprint density at radius 2 is 1.88 bits per heavy atom. The predicted molar refractivity (Wildman–Crippen MR) is 98.8 cm³/mol. The lowest BCUT2D eigenvalue weighted by atomic mass is 10.2. The molecule has 4 nitrogen and oxygen atoms in total. The van der Waals surface area contributed by atoms with Crippen molar-refractivity contribution in [2.24, 2.45) is 0 Å². The number of hydrogen-bond donors (Lipinski definition) is 0. The van der Waals surface area contributed by atoms with Crippen molar-refractivity contribution in [3.63, 3.8) is 0 Å². The lowest BCUT2D eigenvalue weighted by Gasteiger charge is -2.25. The van der Waals surface area contributed by atoms with Crippen molar-refractivity contribution in [2.75, 3.05) is 46.4 Å². The minimum Gasteiger partial charge on any atom is -0.383 e. The van der Waals surface area contributed by atoms with E-state index < -0.39 is 0 Å². The second-order valence-corrected chi connectivity index (χ2v) is 6.34. The van der Waals surface area contributed by atoms with Crippen molar-refractivity contribution < 1.29 is 9.53 Å². The average molecular weight is 330 g/mol. The van der Waals surface area contributed by atoms with Gasteiger partial charge in [-0.1, -0.05) is 55.3 Å². The Morgan fingerprint density at radius 1 is 1.17 bits per heavy atom. The molecule has 1 aliphatic rings. The van der Waals surface area contributed by atoms with Gasteiger partial charge in [0.2, 0.25) is 5.91 Å². The van der Waals surface area contributed by atoms with Crippen LogP contribution in [0.4, 0.5) is 0 Å². The van der Waals surface area contributed by atoms with E-state index in [0.717, 1.165) is 18.7 Å². The highest BCUT2D eigenvalue weighted by Gasteiger charge is 2.17. The van der Waals surface area contributed by atoms with Gasteiger partial charge in [-0.3, -0.25) is 9.69 Å². The smallest absolute Gasteiger partial charge is 0.237 e. The fourth-order valence-corrected chi connectivity index (χ4v) is 2.99. The Labute approximate surface area is 146 Å². The van der Waals surface area contributed by atoms with E-state index in [9.17, 15) is 4.79 Å². The van der Waals surface area contributed by atoms with Crippen molar-refractivity contribution in [3.8, 4) is 0 Å².